The van der Waals surface area contributed by atoms with Gasteiger partial charge in [-0.1, -0.05) is 0 Å². The first kappa shape index (κ1) is 6.99. The maximum Gasteiger partial charge on any atom is 0.0955 e. The summed E-state index contributed by atoms with van der Waals surface area (Å²) in [5.41, 5.74) is 5.31. The highest BCUT2D eigenvalue weighted by Gasteiger charge is 2.21. The van der Waals surface area contributed by atoms with Crippen LogP contribution in [0.25, 0.3) is 0 Å². The molecule has 0 radical (unpaired) electrons. The molecule has 2 unspecified atom stereocenters. The lowest BCUT2D eigenvalue weighted by Gasteiger charge is -2.26. The van der Waals surface area contributed by atoms with Crippen LogP contribution in [0.2, 0.25) is 0 Å². The Hall–Kier alpha value is -0.120. The predicted molar refractivity (Wildman–Crippen MR) is 34.0 cm³/mol. The molecule has 9 heavy (non-hydrogen) atoms. The molecule has 2 atom stereocenters. The van der Waals surface area contributed by atoms with E-state index < -0.39 is 0 Å². The molecule has 3 nitrogen and oxygen atoms in total. The van der Waals surface area contributed by atoms with Gasteiger partial charge in [-0.2, -0.15) is 0 Å². The Balaban J connectivity index is 2.30. The largest absolute Gasteiger partial charge is 0.390 e. The summed E-state index contributed by atoms with van der Waals surface area (Å²) in [7, 11) is 0. The Bertz CT molecular complexity index is 87.1. The van der Waals surface area contributed by atoms with E-state index in [0.717, 1.165) is 19.4 Å². The van der Waals surface area contributed by atoms with E-state index in [1.165, 1.54) is 0 Å². The lowest BCUT2D eigenvalue weighted by atomic mass is 10.1. The van der Waals surface area contributed by atoms with Crippen molar-refractivity contribution in [2.75, 3.05) is 13.2 Å². The van der Waals surface area contributed by atoms with Gasteiger partial charge in [0.05, 0.1) is 12.2 Å². The number of ether oxygens (including phenoxy) is 1. The third kappa shape index (κ3) is 1.64. The van der Waals surface area contributed by atoms with Crippen molar-refractivity contribution >= 4 is 0 Å². The van der Waals surface area contributed by atoms with Crippen LogP contribution < -0.4 is 5.73 Å². The zero-order chi connectivity index (χ0) is 6.69. The first-order chi connectivity index (χ1) is 4.34. The van der Waals surface area contributed by atoms with Gasteiger partial charge in [0.2, 0.25) is 0 Å². The molecule has 1 fully saturated rings. The molecule has 3 N–H and O–H groups in total. The van der Waals surface area contributed by atoms with Gasteiger partial charge in [-0.3, -0.25) is 0 Å². The van der Waals surface area contributed by atoms with Gasteiger partial charge in [-0.25, -0.2) is 0 Å². The predicted octanol–water partition coefficient (Wildman–Crippen LogP) is -0.515. The van der Waals surface area contributed by atoms with Crippen molar-refractivity contribution < 1.29 is 9.84 Å². The quantitative estimate of drug-likeness (QED) is 0.503. The lowest BCUT2D eigenvalue weighted by Crippen LogP contribution is -2.39. The highest BCUT2D eigenvalue weighted by atomic mass is 16.5. The van der Waals surface area contributed by atoms with Gasteiger partial charge in [0.15, 0.2) is 0 Å². The third-order valence-electron chi connectivity index (χ3n) is 1.64. The summed E-state index contributed by atoms with van der Waals surface area (Å²) in [4.78, 5) is 0. The average Bonchev–Trinajstić information content (AvgIpc) is 1.89. The number of hydrogen-bond acceptors (Lipinski definition) is 3. The normalized spacial score (nSPS) is 36.7. The fraction of sp³-hybridized carbons (Fsp3) is 1.00. The Kier molecular flexibility index (Phi) is 2.45. The molecule has 1 heterocycles. The zero-order valence-electron chi connectivity index (χ0n) is 5.42. The number of aliphatic hydroxyl groups is 1. The van der Waals surface area contributed by atoms with E-state index in [1.54, 1.807) is 0 Å². The van der Waals surface area contributed by atoms with Crippen LogP contribution in [0.4, 0.5) is 0 Å². The molecule has 0 aromatic heterocycles. The van der Waals surface area contributed by atoms with Gasteiger partial charge < -0.3 is 15.6 Å². The third-order valence-corrected chi connectivity index (χ3v) is 1.64. The minimum atomic E-state index is -0.330. The molecule has 0 amide bonds. The molecular formula is C6H13NO2. The molecule has 1 aliphatic heterocycles. The number of nitrogens with two attached hydrogens (primary N) is 1. The van der Waals surface area contributed by atoms with E-state index in [1.807, 2.05) is 0 Å². The van der Waals surface area contributed by atoms with Crippen LogP contribution in [0.1, 0.15) is 12.8 Å². The van der Waals surface area contributed by atoms with Gasteiger partial charge in [0, 0.05) is 13.2 Å². The van der Waals surface area contributed by atoms with Crippen LogP contribution in [0, 0.1) is 0 Å². The molecule has 1 aliphatic rings. The van der Waals surface area contributed by atoms with E-state index >= 15 is 0 Å². The minimum absolute atomic E-state index is 0.112. The van der Waals surface area contributed by atoms with E-state index in [2.05, 4.69) is 0 Å². The molecule has 0 aromatic rings. The van der Waals surface area contributed by atoms with Gasteiger partial charge in [-0.15, -0.1) is 0 Å². The fourth-order valence-electron chi connectivity index (χ4n) is 1.05. The van der Waals surface area contributed by atoms with Crippen molar-refractivity contribution in [1.29, 1.82) is 0 Å². The average molecular weight is 131 g/mol. The summed E-state index contributed by atoms with van der Waals surface area (Å²) in [6.45, 7) is 1.18. The Morgan fingerprint density at radius 3 is 2.89 bits per heavy atom. The summed E-state index contributed by atoms with van der Waals surface area (Å²) >= 11 is 0. The first-order valence-corrected chi connectivity index (χ1v) is 3.34. The van der Waals surface area contributed by atoms with Crippen molar-refractivity contribution in [2.24, 2.45) is 5.73 Å². The molecule has 0 aromatic carbocycles. The molecular weight excluding hydrogens is 118 g/mol. The molecule has 0 aliphatic carbocycles. The van der Waals surface area contributed by atoms with Crippen LogP contribution in [0.3, 0.4) is 0 Å². The molecule has 54 valence electrons. The zero-order valence-corrected chi connectivity index (χ0v) is 5.42. The summed E-state index contributed by atoms with van der Waals surface area (Å²) < 4.78 is 5.16. The van der Waals surface area contributed by atoms with Crippen molar-refractivity contribution in [3.8, 4) is 0 Å². The van der Waals surface area contributed by atoms with Crippen molar-refractivity contribution in [1.82, 2.24) is 0 Å². The van der Waals surface area contributed by atoms with Gasteiger partial charge in [-0.05, 0) is 12.8 Å². The van der Waals surface area contributed by atoms with Crippen LogP contribution >= 0.6 is 0 Å². The second kappa shape index (κ2) is 3.15. The Morgan fingerprint density at radius 2 is 2.44 bits per heavy atom. The Labute approximate surface area is 54.8 Å². The highest BCUT2D eigenvalue weighted by molar-refractivity contribution is 4.73. The fourth-order valence-corrected chi connectivity index (χ4v) is 1.05. The van der Waals surface area contributed by atoms with Crippen LogP contribution in [0.15, 0.2) is 0 Å². The summed E-state index contributed by atoms with van der Waals surface area (Å²) in [5, 5.41) is 9.16. The summed E-state index contributed by atoms with van der Waals surface area (Å²) in [6, 6.07) is 0. The number of aliphatic hydroxyl groups excluding tert-OH is 1. The number of rotatable bonds is 1. The summed E-state index contributed by atoms with van der Waals surface area (Å²) in [5.74, 6) is 0. The van der Waals surface area contributed by atoms with Crippen LogP contribution in [0.5, 0.6) is 0 Å². The van der Waals surface area contributed by atoms with Crippen LogP contribution in [-0.2, 0) is 4.74 Å². The lowest BCUT2D eigenvalue weighted by molar-refractivity contribution is -0.0680. The molecule has 0 saturated carbocycles. The maximum absolute atomic E-state index is 9.16. The number of hydrogen-bond donors (Lipinski definition) is 2. The van der Waals surface area contributed by atoms with Gasteiger partial charge >= 0.3 is 0 Å². The maximum atomic E-state index is 9.16. The molecule has 0 bridgehead atoms. The molecule has 1 saturated heterocycles. The van der Waals surface area contributed by atoms with E-state index in [-0.39, 0.29) is 12.2 Å². The SMILES string of the molecule is NCC1OCCCC1O. The van der Waals surface area contributed by atoms with Gasteiger partial charge in [0.1, 0.15) is 0 Å². The smallest absolute Gasteiger partial charge is 0.0955 e. The Morgan fingerprint density at radius 1 is 1.67 bits per heavy atom. The van der Waals surface area contributed by atoms with E-state index in [4.69, 9.17) is 15.6 Å². The van der Waals surface area contributed by atoms with Crippen molar-refractivity contribution in [2.45, 2.75) is 25.0 Å². The first-order valence-electron chi connectivity index (χ1n) is 3.34. The minimum Gasteiger partial charge on any atom is -0.390 e. The topological polar surface area (TPSA) is 55.5 Å². The highest BCUT2D eigenvalue weighted by Crippen LogP contribution is 2.11. The van der Waals surface area contributed by atoms with E-state index in [0.29, 0.717) is 6.54 Å². The second-order valence-electron chi connectivity index (χ2n) is 2.35. The standard InChI is InChI=1S/C6H13NO2/c7-4-6-5(8)2-1-3-9-6/h5-6,8H,1-4,7H2. The van der Waals surface area contributed by atoms with E-state index in [9.17, 15) is 0 Å². The van der Waals surface area contributed by atoms with Crippen LogP contribution in [-0.4, -0.2) is 30.5 Å². The molecule has 0 spiro atoms. The molecule has 3 heteroatoms. The monoisotopic (exact) mass is 131 g/mol. The van der Waals surface area contributed by atoms with Crippen molar-refractivity contribution in [3.63, 3.8) is 0 Å². The van der Waals surface area contributed by atoms with Crippen molar-refractivity contribution in [3.05, 3.63) is 0 Å². The van der Waals surface area contributed by atoms with Gasteiger partial charge in [0.25, 0.3) is 0 Å². The summed E-state index contributed by atoms with van der Waals surface area (Å²) in [6.07, 6.45) is 1.35. The molecule has 1 rings (SSSR count). The second-order valence-corrected chi connectivity index (χ2v) is 2.35.